The van der Waals surface area contributed by atoms with Crippen LogP contribution in [0.4, 0.5) is 20.2 Å². The lowest BCUT2D eigenvalue weighted by molar-refractivity contribution is -0.384. The molecule has 2 aromatic heterocycles. The molecule has 1 N–H and O–H groups in total. The van der Waals surface area contributed by atoms with Crippen LogP contribution in [-0.2, 0) is 0 Å². The van der Waals surface area contributed by atoms with E-state index in [1.165, 1.54) is 12.3 Å². The van der Waals surface area contributed by atoms with Crippen LogP contribution < -0.4 is 5.32 Å². The zero-order valence-electron chi connectivity index (χ0n) is 11.0. The molecule has 0 aromatic carbocycles. The number of nitrogens with zero attached hydrogens (tertiary/aromatic N) is 2. The number of aromatic nitrogens is 1. The molecule has 0 aliphatic heterocycles. The van der Waals surface area contributed by atoms with Gasteiger partial charge in [-0.3, -0.25) is 10.1 Å². The van der Waals surface area contributed by atoms with Crippen molar-refractivity contribution in [2.75, 3.05) is 5.32 Å². The number of hydrogen-bond donors (Lipinski definition) is 1. The second-order valence-electron chi connectivity index (χ2n) is 5.11. The molecule has 112 valence electrons. The summed E-state index contributed by atoms with van der Waals surface area (Å²) < 4.78 is 33.0. The lowest BCUT2D eigenvalue weighted by atomic mass is 9.91. The number of halogens is 2. The van der Waals surface area contributed by atoms with Crippen LogP contribution in [0.3, 0.4) is 0 Å². The van der Waals surface area contributed by atoms with Gasteiger partial charge in [-0.25, -0.2) is 13.8 Å². The highest BCUT2D eigenvalue weighted by Crippen LogP contribution is 2.39. The van der Waals surface area contributed by atoms with Crippen LogP contribution in [0.25, 0.3) is 11.1 Å². The maximum Gasteiger partial charge on any atom is 0.314 e. The molecule has 2 heterocycles. The number of hydrogen-bond acceptors (Lipinski definition) is 5. The third kappa shape index (κ3) is 2.41. The summed E-state index contributed by atoms with van der Waals surface area (Å²) in [4.78, 5) is 14.3. The first-order valence-corrected chi connectivity index (χ1v) is 6.64. The van der Waals surface area contributed by atoms with Gasteiger partial charge in [-0.2, -0.15) is 0 Å². The molecule has 6 nitrogen and oxygen atoms in total. The molecule has 8 heteroatoms. The van der Waals surface area contributed by atoms with Gasteiger partial charge in [-0.05, 0) is 12.8 Å². The Kier molecular flexibility index (Phi) is 3.23. The van der Waals surface area contributed by atoms with Gasteiger partial charge in [0.15, 0.2) is 11.3 Å². The van der Waals surface area contributed by atoms with Crippen LogP contribution in [-0.4, -0.2) is 21.9 Å². The van der Waals surface area contributed by atoms with E-state index >= 15 is 0 Å². The van der Waals surface area contributed by atoms with E-state index < -0.39 is 16.9 Å². The summed E-state index contributed by atoms with van der Waals surface area (Å²) in [5.41, 5.74) is 0.133. The number of alkyl halides is 2. The number of nitrogens with one attached hydrogen (secondary N) is 1. The molecule has 1 unspecified atom stereocenters. The van der Waals surface area contributed by atoms with Gasteiger partial charge in [0.2, 0.25) is 0 Å². The average Bonchev–Trinajstić information content (AvgIpc) is 2.89. The average molecular weight is 297 g/mol. The molecule has 1 aliphatic carbocycles. The summed E-state index contributed by atoms with van der Waals surface area (Å²) in [6.07, 6.45) is 3.54. The fraction of sp³-hybridized carbons (Fsp3) is 0.462. The molecule has 0 saturated heterocycles. The predicted octanol–water partition coefficient (Wildman–Crippen LogP) is 3.73. The van der Waals surface area contributed by atoms with Crippen molar-refractivity contribution in [1.82, 2.24) is 4.98 Å². The normalized spacial score (nSPS) is 21.3. The smallest absolute Gasteiger partial charge is 0.314 e. The lowest BCUT2D eigenvalue weighted by Crippen LogP contribution is -2.42. The van der Waals surface area contributed by atoms with Crippen molar-refractivity contribution in [3.8, 4) is 0 Å². The monoisotopic (exact) mass is 297 g/mol. The molecule has 1 saturated carbocycles. The highest BCUT2D eigenvalue weighted by atomic mass is 19.3. The fourth-order valence-corrected chi connectivity index (χ4v) is 2.63. The van der Waals surface area contributed by atoms with Gasteiger partial charge in [0.1, 0.15) is 11.7 Å². The fourth-order valence-electron chi connectivity index (χ4n) is 2.63. The Bertz CT molecular complexity index is 686. The SMILES string of the molecule is O=[N+]([O-])c1cnc2ccoc2c1NC1CCCCC1(F)F. The van der Waals surface area contributed by atoms with Crippen LogP contribution >= 0.6 is 0 Å². The van der Waals surface area contributed by atoms with Crippen molar-refractivity contribution < 1.29 is 18.1 Å². The first kappa shape index (κ1) is 13.7. The Morgan fingerprint density at radius 3 is 3.00 bits per heavy atom. The maximum atomic E-state index is 13.9. The van der Waals surface area contributed by atoms with Gasteiger partial charge in [-0.1, -0.05) is 6.42 Å². The molecule has 0 spiro atoms. The Morgan fingerprint density at radius 2 is 2.29 bits per heavy atom. The van der Waals surface area contributed by atoms with Crippen molar-refractivity contribution in [1.29, 1.82) is 0 Å². The van der Waals surface area contributed by atoms with E-state index in [-0.39, 0.29) is 29.8 Å². The van der Waals surface area contributed by atoms with Crippen molar-refractivity contribution >= 4 is 22.5 Å². The quantitative estimate of drug-likeness (QED) is 0.689. The molecular formula is C13H13F2N3O3. The van der Waals surface area contributed by atoms with Crippen LogP contribution in [0.1, 0.15) is 25.7 Å². The van der Waals surface area contributed by atoms with Crippen LogP contribution in [0.5, 0.6) is 0 Å². The molecule has 0 amide bonds. The molecule has 0 radical (unpaired) electrons. The Labute approximate surface area is 118 Å². The highest BCUT2D eigenvalue weighted by Gasteiger charge is 2.42. The minimum absolute atomic E-state index is 0.0263. The first-order valence-electron chi connectivity index (χ1n) is 6.64. The van der Waals surface area contributed by atoms with Gasteiger partial charge >= 0.3 is 5.69 Å². The van der Waals surface area contributed by atoms with Gasteiger partial charge in [-0.15, -0.1) is 0 Å². The van der Waals surface area contributed by atoms with E-state index in [1.54, 1.807) is 0 Å². The van der Waals surface area contributed by atoms with E-state index in [0.29, 0.717) is 18.4 Å². The van der Waals surface area contributed by atoms with Gasteiger partial charge < -0.3 is 9.73 Å². The van der Waals surface area contributed by atoms with E-state index in [0.717, 1.165) is 6.20 Å². The Hall–Kier alpha value is -2.25. The van der Waals surface area contributed by atoms with Crippen molar-refractivity contribution in [2.45, 2.75) is 37.6 Å². The van der Waals surface area contributed by atoms with E-state index in [4.69, 9.17) is 4.42 Å². The third-order valence-electron chi connectivity index (χ3n) is 3.73. The maximum absolute atomic E-state index is 13.9. The van der Waals surface area contributed by atoms with Crippen molar-refractivity contribution in [3.63, 3.8) is 0 Å². The van der Waals surface area contributed by atoms with E-state index in [1.807, 2.05) is 0 Å². The van der Waals surface area contributed by atoms with Crippen molar-refractivity contribution in [2.24, 2.45) is 0 Å². The number of rotatable bonds is 3. The van der Waals surface area contributed by atoms with Crippen LogP contribution in [0, 0.1) is 10.1 Å². The van der Waals surface area contributed by atoms with Crippen LogP contribution in [0.15, 0.2) is 22.9 Å². The summed E-state index contributed by atoms with van der Waals surface area (Å²) in [5.74, 6) is -2.89. The highest BCUT2D eigenvalue weighted by molar-refractivity contribution is 5.91. The second-order valence-corrected chi connectivity index (χ2v) is 5.11. The standard InChI is InChI=1S/C13H13F2N3O3/c14-13(15)5-2-1-3-10(13)17-11-9(18(19)20)7-16-8-4-6-21-12(8)11/h4,6-7,10H,1-3,5H2,(H,16,17). The third-order valence-corrected chi connectivity index (χ3v) is 3.73. The summed E-state index contributed by atoms with van der Waals surface area (Å²) in [5, 5.41) is 13.7. The molecule has 1 aliphatic rings. The Morgan fingerprint density at radius 1 is 1.48 bits per heavy atom. The molecule has 0 bridgehead atoms. The zero-order chi connectivity index (χ0) is 15.0. The summed E-state index contributed by atoms with van der Waals surface area (Å²) in [6, 6.07) is 0.393. The largest absolute Gasteiger partial charge is 0.460 e. The van der Waals surface area contributed by atoms with E-state index in [2.05, 4.69) is 10.3 Å². The van der Waals surface area contributed by atoms with E-state index in [9.17, 15) is 18.9 Å². The number of furan rings is 1. The molecule has 1 fully saturated rings. The van der Waals surface area contributed by atoms with Gasteiger partial charge in [0, 0.05) is 12.5 Å². The number of nitro groups is 1. The molecule has 21 heavy (non-hydrogen) atoms. The minimum atomic E-state index is -2.89. The minimum Gasteiger partial charge on any atom is -0.460 e. The molecule has 2 aromatic rings. The Balaban J connectivity index is 2.04. The first-order chi connectivity index (χ1) is 9.99. The van der Waals surface area contributed by atoms with Gasteiger partial charge in [0.05, 0.1) is 17.2 Å². The number of pyridine rings is 1. The number of anilines is 1. The molecule has 1 atom stereocenters. The summed E-state index contributed by atoms with van der Waals surface area (Å²) in [7, 11) is 0. The predicted molar refractivity (Wildman–Crippen MR) is 71.5 cm³/mol. The molecular weight excluding hydrogens is 284 g/mol. The van der Waals surface area contributed by atoms with Crippen molar-refractivity contribution in [3.05, 3.63) is 28.6 Å². The topological polar surface area (TPSA) is 81.2 Å². The summed E-state index contributed by atoms with van der Waals surface area (Å²) in [6.45, 7) is 0. The van der Waals surface area contributed by atoms with Crippen LogP contribution in [0.2, 0.25) is 0 Å². The summed E-state index contributed by atoms with van der Waals surface area (Å²) >= 11 is 0. The zero-order valence-corrected chi connectivity index (χ0v) is 11.0. The second kappa shape index (κ2) is 4.94. The molecule has 3 rings (SSSR count). The number of fused-ring (bicyclic) bond motifs is 1. The van der Waals surface area contributed by atoms with Gasteiger partial charge in [0.25, 0.3) is 5.92 Å². The lowest BCUT2D eigenvalue weighted by Gasteiger charge is -2.32.